The second-order valence-corrected chi connectivity index (χ2v) is 9.73. The van der Waals surface area contributed by atoms with E-state index >= 15 is 0 Å². The number of hydrogen-bond donors (Lipinski definition) is 3. The number of piperazine rings is 1. The van der Waals surface area contributed by atoms with Crippen LogP contribution in [-0.2, 0) is 13.6 Å². The number of benzene rings is 2. The highest BCUT2D eigenvalue weighted by Crippen LogP contribution is 2.34. The van der Waals surface area contributed by atoms with Crippen molar-refractivity contribution in [3.05, 3.63) is 53.2 Å². The van der Waals surface area contributed by atoms with Gasteiger partial charge in [-0.05, 0) is 48.9 Å². The van der Waals surface area contributed by atoms with Crippen molar-refractivity contribution in [1.82, 2.24) is 14.4 Å². The number of amidine groups is 1. The van der Waals surface area contributed by atoms with Crippen molar-refractivity contribution in [2.75, 3.05) is 44.9 Å². The van der Waals surface area contributed by atoms with Crippen LogP contribution in [0.2, 0.25) is 0 Å². The molecule has 0 aliphatic carbocycles. The summed E-state index contributed by atoms with van der Waals surface area (Å²) in [5.41, 5.74) is 4.02. The number of phenolic OH excluding ortho intramolecular Hbond substituents is 2. The van der Waals surface area contributed by atoms with Crippen LogP contribution in [0.4, 0.5) is 5.69 Å². The van der Waals surface area contributed by atoms with Crippen molar-refractivity contribution in [1.29, 1.82) is 0 Å². The SMILES string of the molecule is C=N/N=C(/c1cc(C(C)C)c(O)cc1O)N(CO)c1ccc2c(c1)cc(CN1CCN(C)CC1)n2C. The molecular formula is C27H36N6O3. The Balaban J connectivity index is 1.70. The Labute approximate surface area is 212 Å². The molecule has 0 amide bonds. The van der Waals surface area contributed by atoms with Crippen LogP contribution in [0.3, 0.4) is 0 Å². The Morgan fingerprint density at radius 2 is 1.75 bits per heavy atom. The van der Waals surface area contributed by atoms with E-state index in [0.717, 1.165) is 43.6 Å². The Bertz CT molecular complexity index is 1270. The first-order valence-electron chi connectivity index (χ1n) is 12.2. The largest absolute Gasteiger partial charge is 0.508 e. The van der Waals surface area contributed by atoms with Crippen molar-refractivity contribution in [3.63, 3.8) is 0 Å². The third-order valence-electron chi connectivity index (χ3n) is 6.99. The quantitative estimate of drug-likeness (QED) is 0.203. The molecule has 3 N–H and O–H groups in total. The lowest BCUT2D eigenvalue weighted by atomic mass is 9.98. The van der Waals surface area contributed by atoms with Gasteiger partial charge in [0, 0.05) is 74.8 Å². The molecule has 1 aliphatic heterocycles. The van der Waals surface area contributed by atoms with Crippen molar-refractivity contribution < 1.29 is 15.3 Å². The highest BCUT2D eigenvalue weighted by Gasteiger charge is 2.23. The molecule has 1 saturated heterocycles. The molecule has 2 heterocycles. The summed E-state index contributed by atoms with van der Waals surface area (Å²) in [6.45, 7) is 12.1. The third kappa shape index (κ3) is 5.09. The number of nitrogens with zero attached hydrogens (tertiary/aromatic N) is 6. The molecule has 3 aromatic rings. The van der Waals surface area contributed by atoms with E-state index in [0.29, 0.717) is 16.8 Å². The van der Waals surface area contributed by atoms with E-state index in [-0.39, 0.29) is 23.3 Å². The number of likely N-dealkylation sites (N-methyl/N-ethyl adjacent to an activating group) is 1. The molecule has 1 fully saturated rings. The van der Waals surface area contributed by atoms with E-state index < -0.39 is 6.73 Å². The molecule has 36 heavy (non-hydrogen) atoms. The van der Waals surface area contributed by atoms with E-state index in [4.69, 9.17) is 0 Å². The molecule has 1 aliphatic rings. The van der Waals surface area contributed by atoms with Gasteiger partial charge in [-0.2, -0.15) is 5.10 Å². The number of hydrogen-bond acceptors (Lipinski definition) is 7. The zero-order chi connectivity index (χ0) is 26.0. The summed E-state index contributed by atoms with van der Waals surface area (Å²) >= 11 is 0. The minimum Gasteiger partial charge on any atom is -0.508 e. The standard InChI is InChI=1S/C27H36N6O3/c1-18(2)22-14-23(26(36)15-25(22)35)27(29-28-3)33(17-34)20-6-7-24-19(12-20)13-21(31(24)5)16-32-10-8-30(4)9-11-32/h6-7,12-15,18,34-36H,3,8-11,16-17H2,1-2,4-5H3/b29-27-. The molecule has 0 radical (unpaired) electrons. The molecule has 0 atom stereocenters. The Kier molecular flexibility index (Phi) is 7.63. The first-order chi connectivity index (χ1) is 17.2. The van der Waals surface area contributed by atoms with Crippen molar-refractivity contribution >= 4 is 29.1 Å². The van der Waals surface area contributed by atoms with Crippen LogP contribution in [0.5, 0.6) is 11.5 Å². The van der Waals surface area contributed by atoms with E-state index in [1.54, 1.807) is 11.0 Å². The molecule has 0 unspecified atom stereocenters. The maximum Gasteiger partial charge on any atom is 0.168 e. The van der Waals surface area contributed by atoms with Crippen molar-refractivity contribution in [2.45, 2.75) is 26.3 Å². The van der Waals surface area contributed by atoms with Crippen LogP contribution >= 0.6 is 0 Å². The van der Waals surface area contributed by atoms with Crippen LogP contribution in [0.1, 0.15) is 36.6 Å². The highest BCUT2D eigenvalue weighted by atomic mass is 16.3. The lowest BCUT2D eigenvalue weighted by Crippen LogP contribution is -2.44. The molecule has 0 bridgehead atoms. The second kappa shape index (κ2) is 10.7. The van der Waals surface area contributed by atoms with Gasteiger partial charge in [0.25, 0.3) is 0 Å². The normalized spacial score (nSPS) is 15.7. The maximum absolute atomic E-state index is 10.6. The van der Waals surface area contributed by atoms with Gasteiger partial charge in [0.05, 0.1) is 5.56 Å². The lowest BCUT2D eigenvalue weighted by molar-refractivity contribution is 0.146. The van der Waals surface area contributed by atoms with Crippen LogP contribution in [0.15, 0.2) is 46.6 Å². The van der Waals surface area contributed by atoms with Gasteiger partial charge in [0.1, 0.15) is 18.2 Å². The van der Waals surface area contributed by atoms with Gasteiger partial charge >= 0.3 is 0 Å². The van der Waals surface area contributed by atoms with Gasteiger partial charge in [0.15, 0.2) is 5.84 Å². The number of phenols is 2. The molecule has 9 nitrogen and oxygen atoms in total. The average Bonchev–Trinajstić information content (AvgIpc) is 3.15. The number of aromatic hydroxyl groups is 2. The van der Waals surface area contributed by atoms with Crippen molar-refractivity contribution in [2.24, 2.45) is 17.3 Å². The third-order valence-corrected chi connectivity index (χ3v) is 6.99. The van der Waals surface area contributed by atoms with E-state index in [1.165, 1.54) is 11.8 Å². The number of anilines is 1. The fourth-order valence-corrected chi connectivity index (χ4v) is 4.78. The summed E-state index contributed by atoms with van der Waals surface area (Å²) in [6, 6.07) is 11.1. The minimum atomic E-state index is -0.391. The Morgan fingerprint density at radius 1 is 1.03 bits per heavy atom. The first kappa shape index (κ1) is 25.7. The van der Waals surface area contributed by atoms with Crippen LogP contribution in [0.25, 0.3) is 10.9 Å². The number of aliphatic hydroxyl groups excluding tert-OH is 1. The number of aliphatic hydroxyl groups is 1. The minimum absolute atomic E-state index is 0.00583. The predicted octanol–water partition coefficient (Wildman–Crippen LogP) is 3.28. The topological polar surface area (TPSA) is 100 Å². The summed E-state index contributed by atoms with van der Waals surface area (Å²) in [6.07, 6.45) is 0. The molecule has 4 rings (SSSR count). The Morgan fingerprint density at radius 3 is 2.39 bits per heavy atom. The molecule has 0 saturated carbocycles. The fraction of sp³-hybridized carbons (Fsp3) is 0.407. The van der Waals surface area contributed by atoms with Gasteiger partial charge in [-0.1, -0.05) is 13.8 Å². The highest BCUT2D eigenvalue weighted by molar-refractivity contribution is 6.12. The molecular weight excluding hydrogens is 456 g/mol. The van der Waals surface area contributed by atoms with Crippen LogP contribution in [-0.4, -0.2) is 82.2 Å². The molecule has 1 aromatic heterocycles. The van der Waals surface area contributed by atoms with Gasteiger partial charge in [0.2, 0.25) is 0 Å². The molecule has 9 heteroatoms. The molecule has 0 spiro atoms. The molecule has 192 valence electrons. The van der Waals surface area contributed by atoms with E-state index in [2.05, 4.69) is 51.4 Å². The predicted molar refractivity (Wildman–Crippen MR) is 145 cm³/mol. The fourth-order valence-electron chi connectivity index (χ4n) is 4.78. The number of rotatable bonds is 7. The van der Waals surface area contributed by atoms with Crippen LogP contribution < -0.4 is 4.90 Å². The number of aromatic nitrogens is 1. The van der Waals surface area contributed by atoms with E-state index in [1.807, 2.05) is 32.0 Å². The van der Waals surface area contributed by atoms with E-state index in [9.17, 15) is 15.3 Å². The number of fused-ring (bicyclic) bond motifs is 1. The lowest BCUT2D eigenvalue weighted by Gasteiger charge is -2.32. The summed E-state index contributed by atoms with van der Waals surface area (Å²) in [4.78, 5) is 6.38. The summed E-state index contributed by atoms with van der Waals surface area (Å²) in [5, 5.41) is 40.2. The first-order valence-corrected chi connectivity index (χ1v) is 12.2. The second-order valence-electron chi connectivity index (χ2n) is 9.73. The summed E-state index contributed by atoms with van der Waals surface area (Å²) < 4.78 is 2.21. The maximum atomic E-state index is 10.6. The van der Waals surface area contributed by atoms with Gasteiger partial charge in [-0.15, -0.1) is 5.10 Å². The zero-order valence-corrected chi connectivity index (χ0v) is 21.5. The monoisotopic (exact) mass is 492 g/mol. The zero-order valence-electron chi connectivity index (χ0n) is 21.5. The van der Waals surface area contributed by atoms with Gasteiger partial charge in [-0.3, -0.25) is 4.90 Å². The van der Waals surface area contributed by atoms with Crippen LogP contribution in [0, 0.1) is 0 Å². The van der Waals surface area contributed by atoms with Gasteiger partial charge < -0.3 is 29.7 Å². The molecule has 2 aromatic carbocycles. The smallest absolute Gasteiger partial charge is 0.168 e. The van der Waals surface area contributed by atoms with Crippen molar-refractivity contribution in [3.8, 4) is 11.5 Å². The Hall–Kier alpha value is -3.40. The summed E-state index contributed by atoms with van der Waals surface area (Å²) in [7, 11) is 4.23. The van der Waals surface area contributed by atoms with Gasteiger partial charge in [-0.25, -0.2) is 0 Å². The average molecular weight is 493 g/mol. The number of aryl methyl sites for hydroxylation is 1. The summed E-state index contributed by atoms with van der Waals surface area (Å²) in [5.74, 6) is 0.100.